The molecule has 106 valence electrons. The van der Waals surface area contributed by atoms with Gasteiger partial charge in [-0.1, -0.05) is 12.1 Å². The van der Waals surface area contributed by atoms with Crippen molar-refractivity contribution in [3.8, 4) is 0 Å². The minimum atomic E-state index is -3.11. The molecule has 19 heavy (non-hydrogen) atoms. The van der Waals surface area contributed by atoms with Crippen LogP contribution in [0.3, 0.4) is 0 Å². The van der Waals surface area contributed by atoms with Crippen LogP contribution < -0.4 is 10.0 Å². The van der Waals surface area contributed by atoms with Crippen LogP contribution in [0.15, 0.2) is 24.3 Å². The smallest absolute Gasteiger partial charge is 0.335 e. The molecule has 0 unspecified atom stereocenters. The molecule has 0 aliphatic rings. The van der Waals surface area contributed by atoms with E-state index in [1.165, 1.54) is 0 Å². The normalized spacial score (nSPS) is 11.4. The number of sulfonamides is 1. The van der Waals surface area contributed by atoms with Gasteiger partial charge in [0.05, 0.1) is 11.8 Å². The SMILES string of the molecule is CS(=O)(=O)NCCCNCc1ccc(C(=O)O)cc1. The number of hydrogen-bond acceptors (Lipinski definition) is 4. The highest BCUT2D eigenvalue weighted by atomic mass is 32.2. The summed E-state index contributed by atoms with van der Waals surface area (Å²) in [6.45, 7) is 1.71. The van der Waals surface area contributed by atoms with Crippen LogP contribution in [0.25, 0.3) is 0 Å². The Morgan fingerprint density at radius 1 is 1.21 bits per heavy atom. The summed E-state index contributed by atoms with van der Waals surface area (Å²) in [5.74, 6) is -0.939. The van der Waals surface area contributed by atoms with Crippen molar-refractivity contribution in [2.75, 3.05) is 19.3 Å². The quantitative estimate of drug-likeness (QED) is 0.602. The van der Waals surface area contributed by atoms with Gasteiger partial charge in [0.15, 0.2) is 0 Å². The lowest BCUT2D eigenvalue weighted by Crippen LogP contribution is -2.26. The Balaban J connectivity index is 2.21. The van der Waals surface area contributed by atoms with Gasteiger partial charge < -0.3 is 10.4 Å². The topological polar surface area (TPSA) is 95.5 Å². The van der Waals surface area contributed by atoms with Crippen molar-refractivity contribution in [3.63, 3.8) is 0 Å². The van der Waals surface area contributed by atoms with E-state index < -0.39 is 16.0 Å². The van der Waals surface area contributed by atoms with Gasteiger partial charge in [-0.2, -0.15) is 0 Å². The Labute approximate surface area is 112 Å². The summed E-state index contributed by atoms with van der Waals surface area (Å²) in [5.41, 5.74) is 1.25. The van der Waals surface area contributed by atoms with Crippen molar-refractivity contribution in [3.05, 3.63) is 35.4 Å². The third-order valence-electron chi connectivity index (χ3n) is 2.42. The van der Waals surface area contributed by atoms with Gasteiger partial charge in [-0.15, -0.1) is 0 Å². The second-order valence-electron chi connectivity index (χ2n) is 4.20. The number of rotatable bonds is 8. The number of carboxylic acid groups (broad SMARTS) is 1. The molecule has 7 heteroatoms. The average molecular weight is 286 g/mol. The molecule has 0 aliphatic carbocycles. The number of benzene rings is 1. The van der Waals surface area contributed by atoms with Crippen molar-refractivity contribution in [1.29, 1.82) is 0 Å². The third-order valence-corrected chi connectivity index (χ3v) is 3.15. The van der Waals surface area contributed by atoms with Crippen molar-refractivity contribution in [2.24, 2.45) is 0 Å². The van der Waals surface area contributed by atoms with Crippen LogP contribution in [0.1, 0.15) is 22.3 Å². The molecule has 0 saturated carbocycles. The van der Waals surface area contributed by atoms with Crippen LogP contribution in [0.4, 0.5) is 0 Å². The molecular weight excluding hydrogens is 268 g/mol. The Morgan fingerprint density at radius 2 is 1.84 bits per heavy atom. The maximum Gasteiger partial charge on any atom is 0.335 e. The summed E-state index contributed by atoms with van der Waals surface area (Å²) in [5, 5.41) is 11.9. The zero-order chi connectivity index (χ0) is 14.3. The van der Waals surface area contributed by atoms with Crippen molar-refractivity contribution in [1.82, 2.24) is 10.0 Å². The fraction of sp³-hybridized carbons (Fsp3) is 0.417. The molecule has 0 aromatic heterocycles. The first kappa shape index (κ1) is 15.6. The van der Waals surface area contributed by atoms with Crippen molar-refractivity contribution < 1.29 is 18.3 Å². The molecule has 0 bridgehead atoms. The predicted molar refractivity (Wildman–Crippen MR) is 72.6 cm³/mol. The molecule has 6 nitrogen and oxygen atoms in total. The molecule has 1 aromatic rings. The molecule has 1 rings (SSSR count). The molecule has 3 N–H and O–H groups in total. The molecule has 0 heterocycles. The van der Waals surface area contributed by atoms with Gasteiger partial charge in [-0.25, -0.2) is 17.9 Å². The van der Waals surface area contributed by atoms with Gasteiger partial charge in [-0.05, 0) is 30.7 Å². The summed E-state index contributed by atoms with van der Waals surface area (Å²) in [7, 11) is -3.11. The van der Waals surface area contributed by atoms with E-state index in [4.69, 9.17) is 5.11 Å². The maximum atomic E-state index is 10.8. The van der Waals surface area contributed by atoms with Crippen LogP contribution >= 0.6 is 0 Å². The zero-order valence-electron chi connectivity index (χ0n) is 10.7. The zero-order valence-corrected chi connectivity index (χ0v) is 11.5. The summed E-state index contributed by atoms with van der Waals surface area (Å²) in [6.07, 6.45) is 1.82. The van der Waals surface area contributed by atoms with Gasteiger partial charge in [0.1, 0.15) is 0 Å². The summed E-state index contributed by atoms with van der Waals surface area (Å²) in [4.78, 5) is 10.7. The predicted octanol–water partition coefficient (Wildman–Crippen LogP) is 0.414. The van der Waals surface area contributed by atoms with Crippen LogP contribution in [-0.4, -0.2) is 38.8 Å². The second-order valence-corrected chi connectivity index (χ2v) is 6.03. The lowest BCUT2D eigenvalue weighted by atomic mass is 10.1. The van der Waals surface area contributed by atoms with E-state index in [2.05, 4.69) is 10.0 Å². The first-order valence-corrected chi connectivity index (χ1v) is 7.75. The fourth-order valence-corrected chi connectivity index (χ4v) is 1.98. The minimum absolute atomic E-state index is 0.265. The van der Waals surface area contributed by atoms with E-state index in [0.29, 0.717) is 26.1 Å². The molecule has 0 aliphatic heterocycles. The largest absolute Gasteiger partial charge is 0.478 e. The van der Waals surface area contributed by atoms with Gasteiger partial charge in [0.25, 0.3) is 0 Å². The lowest BCUT2D eigenvalue weighted by molar-refractivity contribution is 0.0697. The number of nitrogens with one attached hydrogen (secondary N) is 2. The Morgan fingerprint density at radius 3 is 2.37 bits per heavy atom. The number of carbonyl (C=O) groups is 1. The molecule has 0 atom stereocenters. The van der Waals surface area contributed by atoms with E-state index in [9.17, 15) is 13.2 Å². The molecule has 0 amide bonds. The van der Waals surface area contributed by atoms with Crippen LogP contribution in [0.2, 0.25) is 0 Å². The minimum Gasteiger partial charge on any atom is -0.478 e. The Kier molecular flexibility index (Phi) is 5.94. The standard InChI is InChI=1S/C12H18N2O4S/c1-19(17,18)14-8-2-7-13-9-10-3-5-11(6-4-10)12(15)16/h3-6,13-14H,2,7-9H2,1H3,(H,15,16). The number of carboxylic acids is 1. The van der Waals surface area contributed by atoms with Crippen molar-refractivity contribution >= 4 is 16.0 Å². The first-order chi connectivity index (χ1) is 8.88. The fourth-order valence-electron chi connectivity index (χ4n) is 1.47. The van der Waals surface area contributed by atoms with Crippen molar-refractivity contribution in [2.45, 2.75) is 13.0 Å². The van der Waals surface area contributed by atoms with E-state index >= 15 is 0 Å². The highest BCUT2D eigenvalue weighted by molar-refractivity contribution is 7.88. The van der Waals surface area contributed by atoms with E-state index in [1.54, 1.807) is 24.3 Å². The van der Waals surface area contributed by atoms with Crippen LogP contribution in [-0.2, 0) is 16.6 Å². The average Bonchev–Trinajstić information content (AvgIpc) is 2.33. The van der Waals surface area contributed by atoms with Gasteiger partial charge in [-0.3, -0.25) is 0 Å². The Bertz CT molecular complexity index is 511. The third kappa shape index (κ3) is 6.90. The van der Waals surface area contributed by atoms with Crippen LogP contribution in [0, 0.1) is 0 Å². The van der Waals surface area contributed by atoms with Gasteiger partial charge in [0.2, 0.25) is 10.0 Å². The molecule has 1 aromatic carbocycles. The summed E-state index contributed by atoms with van der Waals surface area (Å²) < 4.78 is 24.0. The highest BCUT2D eigenvalue weighted by Crippen LogP contribution is 2.04. The Hall–Kier alpha value is -1.44. The van der Waals surface area contributed by atoms with Gasteiger partial charge >= 0.3 is 5.97 Å². The molecule has 0 spiro atoms. The summed E-state index contributed by atoms with van der Waals surface area (Å²) >= 11 is 0. The number of aromatic carboxylic acids is 1. The second kappa shape index (κ2) is 7.22. The van der Waals surface area contributed by atoms with E-state index in [-0.39, 0.29) is 5.56 Å². The number of hydrogen-bond donors (Lipinski definition) is 3. The molecule has 0 radical (unpaired) electrons. The highest BCUT2D eigenvalue weighted by Gasteiger charge is 2.01. The first-order valence-electron chi connectivity index (χ1n) is 5.86. The lowest BCUT2D eigenvalue weighted by Gasteiger charge is -2.05. The maximum absolute atomic E-state index is 10.8. The summed E-state index contributed by atoms with van der Waals surface area (Å²) in [6, 6.07) is 6.63. The van der Waals surface area contributed by atoms with Gasteiger partial charge in [0, 0.05) is 13.1 Å². The molecule has 0 saturated heterocycles. The monoisotopic (exact) mass is 286 g/mol. The van der Waals surface area contributed by atoms with E-state index in [0.717, 1.165) is 11.8 Å². The van der Waals surface area contributed by atoms with Crippen LogP contribution in [0.5, 0.6) is 0 Å². The molecular formula is C12H18N2O4S. The molecule has 0 fully saturated rings. The van der Waals surface area contributed by atoms with E-state index in [1.807, 2.05) is 0 Å².